The third-order valence-corrected chi connectivity index (χ3v) is 1.68. The van der Waals surface area contributed by atoms with Gasteiger partial charge in [0.2, 0.25) is 0 Å². The van der Waals surface area contributed by atoms with E-state index in [2.05, 4.69) is 17.6 Å². The SMILES string of the molecule is C=Cc1cc(C)cnc1N(C)C.CC.CC. The Hall–Kier alpha value is -1.31. The predicted molar refractivity (Wildman–Crippen MR) is 76.1 cm³/mol. The largest absolute Gasteiger partial charge is 0.362 e. The van der Waals surface area contributed by atoms with E-state index in [9.17, 15) is 0 Å². The van der Waals surface area contributed by atoms with E-state index in [0.717, 1.165) is 16.9 Å². The number of anilines is 1. The number of pyridine rings is 1. The zero-order chi connectivity index (χ0) is 13.1. The first-order valence-corrected chi connectivity index (χ1v) is 5.91. The van der Waals surface area contributed by atoms with E-state index in [-0.39, 0.29) is 0 Å². The van der Waals surface area contributed by atoms with Gasteiger partial charge in [0.25, 0.3) is 0 Å². The number of hydrogen-bond acceptors (Lipinski definition) is 2. The molecule has 2 heteroatoms. The molecule has 0 aliphatic carbocycles. The summed E-state index contributed by atoms with van der Waals surface area (Å²) in [6.45, 7) is 13.8. The highest BCUT2D eigenvalue weighted by molar-refractivity contribution is 5.62. The van der Waals surface area contributed by atoms with E-state index in [1.807, 2.05) is 65.9 Å². The highest BCUT2D eigenvalue weighted by atomic mass is 15.1. The second-order valence-electron chi connectivity index (χ2n) is 3.02. The zero-order valence-corrected chi connectivity index (χ0v) is 11.8. The Morgan fingerprint density at radius 3 is 2.06 bits per heavy atom. The van der Waals surface area contributed by atoms with Crippen molar-refractivity contribution in [3.8, 4) is 0 Å². The summed E-state index contributed by atoms with van der Waals surface area (Å²) in [7, 11) is 3.95. The first-order chi connectivity index (χ1) is 7.65. The third-order valence-electron chi connectivity index (χ3n) is 1.68. The number of aromatic nitrogens is 1. The molecule has 1 aromatic heterocycles. The van der Waals surface area contributed by atoms with Crippen LogP contribution in [0.3, 0.4) is 0 Å². The number of rotatable bonds is 2. The maximum atomic E-state index is 4.30. The molecule has 0 bridgehead atoms. The lowest BCUT2D eigenvalue weighted by atomic mass is 10.2. The lowest BCUT2D eigenvalue weighted by molar-refractivity contribution is 1.06. The van der Waals surface area contributed by atoms with Gasteiger partial charge in [-0.1, -0.05) is 40.3 Å². The van der Waals surface area contributed by atoms with Crippen molar-refractivity contribution < 1.29 is 0 Å². The molecule has 2 nitrogen and oxygen atoms in total. The molecule has 1 aromatic rings. The molecule has 0 saturated carbocycles. The summed E-state index contributed by atoms with van der Waals surface area (Å²) in [4.78, 5) is 6.29. The highest BCUT2D eigenvalue weighted by Crippen LogP contribution is 2.16. The monoisotopic (exact) mass is 222 g/mol. The second kappa shape index (κ2) is 10.2. The molecule has 0 N–H and O–H groups in total. The average Bonchev–Trinajstić information content (AvgIpc) is 2.33. The van der Waals surface area contributed by atoms with Crippen molar-refractivity contribution in [1.29, 1.82) is 0 Å². The quantitative estimate of drug-likeness (QED) is 0.747. The minimum Gasteiger partial charge on any atom is -0.362 e. The van der Waals surface area contributed by atoms with Gasteiger partial charge in [-0.15, -0.1) is 0 Å². The van der Waals surface area contributed by atoms with Crippen LogP contribution in [-0.2, 0) is 0 Å². The summed E-state index contributed by atoms with van der Waals surface area (Å²) in [6.07, 6.45) is 3.69. The smallest absolute Gasteiger partial charge is 0.135 e. The Labute approximate surface area is 101 Å². The van der Waals surface area contributed by atoms with Gasteiger partial charge in [-0.25, -0.2) is 4.98 Å². The second-order valence-corrected chi connectivity index (χ2v) is 3.02. The van der Waals surface area contributed by atoms with Crippen molar-refractivity contribution in [2.45, 2.75) is 34.6 Å². The fraction of sp³-hybridized carbons (Fsp3) is 0.500. The molecule has 1 heterocycles. The third kappa shape index (κ3) is 5.54. The van der Waals surface area contributed by atoms with Crippen molar-refractivity contribution in [2.75, 3.05) is 19.0 Å². The van der Waals surface area contributed by atoms with Gasteiger partial charge in [-0.05, 0) is 18.6 Å². The Balaban J connectivity index is 0. The number of aryl methyl sites for hydroxylation is 1. The van der Waals surface area contributed by atoms with Crippen LogP contribution in [0.1, 0.15) is 38.8 Å². The summed E-state index contributed by atoms with van der Waals surface area (Å²) in [5.41, 5.74) is 2.25. The van der Waals surface area contributed by atoms with Gasteiger partial charge in [-0.2, -0.15) is 0 Å². The van der Waals surface area contributed by atoms with E-state index in [1.165, 1.54) is 0 Å². The maximum absolute atomic E-state index is 4.30. The number of nitrogens with zero attached hydrogens (tertiary/aromatic N) is 2. The summed E-state index contributed by atoms with van der Waals surface area (Å²) < 4.78 is 0. The molecule has 0 aromatic carbocycles. The molecule has 0 unspecified atom stereocenters. The summed E-state index contributed by atoms with van der Waals surface area (Å²) in [6, 6.07) is 2.08. The van der Waals surface area contributed by atoms with E-state index in [0.29, 0.717) is 0 Å². The molecule has 0 atom stereocenters. The van der Waals surface area contributed by atoms with E-state index in [1.54, 1.807) is 0 Å². The molecule has 0 aliphatic heterocycles. The molecule has 0 spiro atoms. The first-order valence-electron chi connectivity index (χ1n) is 5.91. The summed E-state index contributed by atoms with van der Waals surface area (Å²) >= 11 is 0. The molecule has 0 amide bonds. The van der Waals surface area contributed by atoms with Crippen LogP contribution in [0.25, 0.3) is 6.08 Å². The molecule has 0 fully saturated rings. The van der Waals surface area contributed by atoms with Gasteiger partial charge in [0.15, 0.2) is 0 Å². The number of hydrogen-bond donors (Lipinski definition) is 0. The van der Waals surface area contributed by atoms with Crippen molar-refractivity contribution in [3.05, 3.63) is 30.0 Å². The molecule has 0 saturated heterocycles. The maximum Gasteiger partial charge on any atom is 0.135 e. The minimum absolute atomic E-state index is 0.968. The van der Waals surface area contributed by atoms with Crippen molar-refractivity contribution >= 4 is 11.9 Å². The fourth-order valence-corrected chi connectivity index (χ4v) is 1.11. The molecule has 0 radical (unpaired) electrons. The van der Waals surface area contributed by atoms with Gasteiger partial charge in [0.1, 0.15) is 5.82 Å². The van der Waals surface area contributed by atoms with Gasteiger partial charge in [0.05, 0.1) is 0 Å². The van der Waals surface area contributed by atoms with E-state index >= 15 is 0 Å². The predicted octanol–water partition coefficient (Wildman–Crippen LogP) is 4.15. The average molecular weight is 222 g/mol. The van der Waals surface area contributed by atoms with Crippen LogP contribution in [0, 0.1) is 6.92 Å². The normalized spacial score (nSPS) is 7.94. The molecular formula is C14H26N2. The van der Waals surface area contributed by atoms with Crippen LogP contribution in [0.2, 0.25) is 0 Å². The van der Waals surface area contributed by atoms with Crippen LogP contribution in [-0.4, -0.2) is 19.1 Å². The molecule has 16 heavy (non-hydrogen) atoms. The van der Waals surface area contributed by atoms with Crippen molar-refractivity contribution in [2.24, 2.45) is 0 Å². The fourth-order valence-electron chi connectivity index (χ4n) is 1.11. The molecular weight excluding hydrogens is 196 g/mol. The van der Waals surface area contributed by atoms with Crippen LogP contribution >= 0.6 is 0 Å². The van der Waals surface area contributed by atoms with E-state index in [4.69, 9.17) is 0 Å². The van der Waals surface area contributed by atoms with Crippen molar-refractivity contribution in [1.82, 2.24) is 4.98 Å². The molecule has 92 valence electrons. The van der Waals surface area contributed by atoms with Crippen LogP contribution in [0.4, 0.5) is 5.82 Å². The summed E-state index contributed by atoms with van der Waals surface area (Å²) in [5, 5.41) is 0. The Morgan fingerprint density at radius 1 is 1.19 bits per heavy atom. The van der Waals surface area contributed by atoms with Gasteiger partial charge < -0.3 is 4.90 Å². The van der Waals surface area contributed by atoms with E-state index < -0.39 is 0 Å². The topological polar surface area (TPSA) is 16.1 Å². The lowest BCUT2D eigenvalue weighted by Gasteiger charge is -2.14. The Kier molecular flexibility index (Phi) is 10.9. The minimum atomic E-state index is 0.968. The standard InChI is InChI=1S/C10H14N2.2C2H6/c1-5-9-6-8(2)7-11-10(9)12(3)4;2*1-2/h5-7H,1H2,2-4H3;2*1-2H3. The summed E-state index contributed by atoms with van der Waals surface area (Å²) in [5.74, 6) is 0.968. The van der Waals surface area contributed by atoms with Crippen LogP contribution in [0.15, 0.2) is 18.8 Å². The van der Waals surface area contributed by atoms with Gasteiger partial charge >= 0.3 is 0 Å². The molecule has 1 rings (SSSR count). The zero-order valence-electron chi connectivity index (χ0n) is 11.8. The van der Waals surface area contributed by atoms with Crippen LogP contribution < -0.4 is 4.90 Å². The molecule has 0 aliphatic rings. The lowest BCUT2D eigenvalue weighted by Crippen LogP contribution is -2.12. The first kappa shape index (κ1) is 17.1. The Morgan fingerprint density at radius 2 is 1.69 bits per heavy atom. The van der Waals surface area contributed by atoms with Crippen molar-refractivity contribution in [3.63, 3.8) is 0 Å². The Bertz CT molecular complexity index is 291. The van der Waals surface area contributed by atoms with Crippen LogP contribution in [0.5, 0.6) is 0 Å². The van der Waals surface area contributed by atoms with Gasteiger partial charge in [0, 0.05) is 25.9 Å². The highest BCUT2D eigenvalue weighted by Gasteiger charge is 2.01. The van der Waals surface area contributed by atoms with Gasteiger partial charge in [-0.3, -0.25) is 0 Å².